The van der Waals surface area contributed by atoms with Gasteiger partial charge in [0, 0.05) is 12.6 Å². The second-order valence-electron chi connectivity index (χ2n) is 3.54. The van der Waals surface area contributed by atoms with Crippen molar-refractivity contribution in [3.63, 3.8) is 0 Å². The summed E-state index contributed by atoms with van der Waals surface area (Å²) in [5, 5.41) is 3.25. The summed E-state index contributed by atoms with van der Waals surface area (Å²) in [4.78, 5) is 0. The quantitative estimate of drug-likeness (QED) is 0.778. The molecule has 0 bridgehead atoms. The summed E-state index contributed by atoms with van der Waals surface area (Å²) >= 11 is 0. The summed E-state index contributed by atoms with van der Waals surface area (Å²) in [5.41, 5.74) is 0. The van der Waals surface area contributed by atoms with E-state index in [0.717, 1.165) is 25.9 Å². The van der Waals surface area contributed by atoms with Crippen LogP contribution in [0.15, 0.2) is 24.3 Å². The number of hydrogen-bond donors (Lipinski definition) is 1. The van der Waals surface area contributed by atoms with Crippen LogP contribution in [0.3, 0.4) is 0 Å². The molecule has 1 saturated heterocycles. The van der Waals surface area contributed by atoms with Gasteiger partial charge in [-0.25, -0.2) is 4.39 Å². The third-order valence-electron chi connectivity index (χ3n) is 2.35. The number of halogens is 1. The molecule has 0 radical (unpaired) electrons. The predicted molar refractivity (Wildman–Crippen MR) is 52.9 cm³/mol. The number of rotatable bonds is 2. The fraction of sp³-hybridized carbons (Fsp3) is 0.455. The van der Waals surface area contributed by atoms with Gasteiger partial charge in [-0.3, -0.25) is 0 Å². The normalized spacial score (nSPS) is 21.9. The van der Waals surface area contributed by atoms with Crippen LogP contribution in [0.4, 0.5) is 4.39 Å². The van der Waals surface area contributed by atoms with Crippen molar-refractivity contribution in [2.75, 3.05) is 13.1 Å². The van der Waals surface area contributed by atoms with Crippen molar-refractivity contribution in [1.82, 2.24) is 5.32 Å². The molecule has 1 N–H and O–H groups in total. The monoisotopic (exact) mass is 195 g/mol. The zero-order valence-corrected chi connectivity index (χ0v) is 8.00. The van der Waals surface area contributed by atoms with Crippen molar-refractivity contribution in [1.29, 1.82) is 0 Å². The molecule has 3 heteroatoms. The number of ether oxygens (including phenoxy) is 1. The Balaban J connectivity index is 1.95. The number of piperidine rings is 1. The lowest BCUT2D eigenvalue weighted by atomic mass is 10.1. The van der Waals surface area contributed by atoms with Crippen molar-refractivity contribution in [3.05, 3.63) is 30.1 Å². The van der Waals surface area contributed by atoms with Crippen LogP contribution in [0.5, 0.6) is 5.75 Å². The number of hydrogen-bond acceptors (Lipinski definition) is 2. The molecule has 1 aliphatic heterocycles. The molecule has 1 heterocycles. The zero-order valence-electron chi connectivity index (χ0n) is 8.00. The molecule has 14 heavy (non-hydrogen) atoms. The smallest absolute Gasteiger partial charge is 0.126 e. The van der Waals surface area contributed by atoms with Gasteiger partial charge in [0.15, 0.2) is 0 Å². The van der Waals surface area contributed by atoms with Gasteiger partial charge in [0.25, 0.3) is 0 Å². The molecule has 0 spiro atoms. The van der Waals surface area contributed by atoms with Crippen molar-refractivity contribution >= 4 is 0 Å². The Morgan fingerprint density at radius 1 is 1.43 bits per heavy atom. The fourth-order valence-electron chi connectivity index (χ4n) is 1.65. The minimum Gasteiger partial charge on any atom is -0.489 e. The molecule has 0 aromatic heterocycles. The van der Waals surface area contributed by atoms with Gasteiger partial charge in [-0.15, -0.1) is 0 Å². The minimum absolute atomic E-state index is 0.186. The summed E-state index contributed by atoms with van der Waals surface area (Å²) in [6.07, 6.45) is 2.36. The lowest BCUT2D eigenvalue weighted by molar-refractivity contribution is 0.166. The SMILES string of the molecule is Fc1cccc(OC2CCCNC2)c1. The molecule has 1 fully saturated rings. The molecule has 1 unspecified atom stereocenters. The first-order valence-corrected chi connectivity index (χ1v) is 4.97. The standard InChI is InChI=1S/C11H14FNO/c12-9-3-1-4-10(7-9)14-11-5-2-6-13-8-11/h1,3-4,7,11,13H,2,5-6,8H2. The third kappa shape index (κ3) is 2.45. The van der Waals surface area contributed by atoms with Crippen LogP contribution in [0.1, 0.15) is 12.8 Å². The first-order valence-electron chi connectivity index (χ1n) is 4.97. The lowest BCUT2D eigenvalue weighted by Gasteiger charge is -2.23. The van der Waals surface area contributed by atoms with E-state index in [-0.39, 0.29) is 11.9 Å². The maximum atomic E-state index is 12.8. The minimum atomic E-state index is -0.244. The molecule has 1 aromatic carbocycles. The van der Waals surface area contributed by atoms with Crippen molar-refractivity contribution in [3.8, 4) is 5.75 Å². The third-order valence-corrected chi connectivity index (χ3v) is 2.35. The highest BCUT2D eigenvalue weighted by atomic mass is 19.1. The van der Waals surface area contributed by atoms with Gasteiger partial charge >= 0.3 is 0 Å². The first kappa shape index (κ1) is 9.46. The van der Waals surface area contributed by atoms with E-state index in [1.807, 2.05) is 0 Å². The van der Waals surface area contributed by atoms with E-state index in [4.69, 9.17) is 4.74 Å². The van der Waals surface area contributed by atoms with E-state index < -0.39 is 0 Å². The number of nitrogens with one attached hydrogen (secondary N) is 1. The highest BCUT2D eigenvalue weighted by Gasteiger charge is 2.14. The molecule has 2 nitrogen and oxygen atoms in total. The highest BCUT2D eigenvalue weighted by molar-refractivity contribution is 5.22. The molecule has 1 aliphatic rings. The molecule has 0 aliphatic carbocycles. The van der Waals surface area contributed by atoms with Crippen molar-refractivity contribution < 1.29 is 9.13 Å². The van der Waals surface area contributed by atoms with E-state index in [9.17, 15) is 4.39 Å². The van der Waals surface area contributed by atoms with Crippen LogP contribution in [0.2, 0.25) is 0 Å². The van der Waals surface area contributed by atoms with E-state index in [0.29, 0.717) is 5.75 Å². The van der Waals surface area contributed by atoms with Gasteiger partial charge in [0.1, 0.15) is 17.7 Å². The molecule has 2 rings (SSSR count). The molecule has 0 amide bonds. The Hall–Kier alpha value is -1.09. The zero-order chi connectivity index (χ0) is 9.80. The molecular formula is C11H14FNO. The van der Waals surface area contributed by atoms with Gasteiger partial charge in [0.05, 0.1) is 0 Å². The Morgan fingerprint density at radius 3 is 3.07 bits per heavy atom. The Labute approximate surface area is 83.1 Å². The van der Waals surface area contributed by atoms with Crippen molar-refractivity contribution in [2.45, 2.75) is 18.9 Å². The second-order valence-corrected chi connectivity index (χ2v) is 3.54. The van der Waals surface area contributed by atoms with Crippen LogP contribution < -0.4 is 10.1 Å². The fourth-order valence-corrected chi connectivity index (χ4v) is 1.65. The van der Waals surface area contributed by atoms with Crippen LogP contribution in [-0.2, 0) is 0 Å². The topological polar surface area (TPSA) is 21.3 Å². The lowest BCUT2D eigenvalue weighted by Crippen LogP contribution is -2.37. The number of benzene rings is 1. The van der Waals surface area contributed by atoms with E-state index >= 15 is 0 Å². The first-order chi connectivity index (χ1) is 6.84. The summed E-state index contributed by atoms with van der Waals surface area (Å²) in [6, 6.07) is 6.30. The average Bonchev–Trinajstić information content (AvgIpc) is 2.19. The van der Waals surface area contributed by atoms with E-state index in [2.05, 4.69) is 5.32 Å². The maximum absolute atomic E-state index is 12.8. The summed E-state index contributed by atoms with van der Waals surface area (Å²) in [7, 11) is 0. The van der Waals surface area contributed by atoms with Crippen LogP contribution >= 0.6 is 0 Å². The van der Waals surface area contributed by atoms with Gasteiger partial charge in [-0.05, 0) is 31.5 Å². The van der Waals surface area contributed by atoms with Gasteiger partial charge in [-0.1, -0.05) is 6.07 Å². The predicted octanol–water partition coefficient (Wildman–Crippen LogP) is 1.96. The van der Waals surface area contributed by atoms with Gasteiger partial charge < -0.3 is 10.1 Å². The van der Waals surface area contributed by atoms with Crippen LogP contribution in [-0.4, -0.2) is 19.2 Å². The van der Waals surface area contributed by atoms with Crippen LogP contribution in [0, 0.1) is 5.82 Å². The molecule has 0 saturated carbocycles. The maximum Gasteiger partial charge on any atom is 0.126 e. The van der Waals surface area contributed by atoms with E-state index in [1.54, 1.807) is 12.1 Å². The van der Waals surface area contributed by atoms with Crippen LogP contribution in [0.25, 0.3) is 0 Å². The van der Waals surface area contributed by atoms with Gasteiger partial charge in [0.2, 0.25) is 0 Å². The average molecular weight is 195 g/mol. The summed E-state index contributed by atoms with van der Waals surface area (Å²) in [6.45, 7) is 1.92. The molecule has 1 atom stereocenters. The molecular weight excluding hydrogens is 181 g/mol. The van der Waals surface area contributed by atoms with Crippen molar-refractivity contribution in [2.24, 2.45) is 0 Å². The summed E-state index contributed by atoms with van der Waals surface area (Å²) < 4.78 is 18.5. The largest absolute Gasteiger partial charge is 0.489 e. The summed E-state index contributed by atoms with van der Waals surface area (Å²) in [5.74, 6) is 0.380. The van der Waals surface area contributed by atoms with E-state index in [1.165, 1.54) is 12.1 Å². The second kappa shape index (κ2) is 4.42. The Kier molecular flexibility index (Phi) is 2.99. The molecule has 76 valence electrons. The molecule has 1 aromatic rings. The Bertz CT molecular complexity index is 297. The Morgan fingerprint density at radius 2 is 2.36 bits per heavy atom. The highest BCUT2D eigenvalue weighted by Crippen LogP contribution is 2.16. The van der Waals surface area contributed by atoms with Gasteiger partial charge in [-0.2, -0.15) is 0 Å².